The van der Waals surface area contributed by atoms with Crippen LogP contribution in [0.25, 0.3) is 10.9 Å². The number of carbonyl (C=O) groups excluding carboxylic acids is 1. The summed E-state index contributed by atoms with van der Waals surface area (Å²) in [7, 11) is 5.46. The standard InChI is InChI=1S/C28H31N5O3.C4H4O4/c1-29-22-6-11-27(30-18-22)36-24-9-10-25-21(16-24)17-26(31(25)2)28(34)33-14-12-32(13-15-33)19-20-4-7-23(35-3)8-5-20;5-3(6)1-2-4(7)8/h4-11,16-18,29H,12-15,19H2,1-3H3;1-2H,(H,5,6)(H,7,8). The van der Waals surface area contributed by atoms with Gasteiger partial charge in [-0.2, -0.15) is 0 Å². The van der Waals surface area contributed by atoms with Crippen LogP contribution in [0.1, 0.15) is 16.1 Å². The number of rotatable bonds is 9. The Morgan fingerprint density at radius 1 is 0.909 bits per heavy atom. The van der Waals surface area contributed by atoms with Crippen LogP contribution >= 0.6 is 0 Å². The summed E-state index contributed by atoms with van der Waals surface area (Å²) >= 11 is 0. The summed E-state index contributed by atoms with van der Waals surface area (Å²) in [6, 6.07) is 19.7. The maximum Gasteiger partial charge on any atom is 0.328 e. The number of ether oxygens (including phenoxy) is 2. The minimum atomic E-state index is -1.26. The molecule has 44 heavy (non-hydrogen) atoms. The van der Waals surface area contributed by atoms with Crippen molar-refractivity contribution in [1.29, 1.82) is 0 Å². The Kier molecular flexibility index (Phi) is 10.5. The zero-order valence-corrected chi connectivity index (χ0v) is 24.8. The molecule has 12 heteroatoms. The highest BCUT2D eigenvalue weighted by molar-refractivity contribution is 5.99. The van der Waals surface area contributed by atoms with Crippen molar-refractivity contribution in [2.24, 2.45) is 7.05 Å². The summed E-state index contributed by atoms with van der Waals surface area (Å²) in [5, 5.41) is 19.6. The second-order valence-electron chi connectivity index (χ2n) is 9.97. The van der Waals surface area contributed by atoms with Crippen molar-refractivity contribution in [2.45, 2.75) is 6.54 Å². The molecule has 0 saturated carbocycles. The van der Waals surface area contributed by atoms with Gasteiger partial charge >= 0.3 is 11.9 Å². The first kappa shape index (κ1) is 31.6. The fourth-order valence-corrected chi connectivity index (χ4v) is 4.71. The third kappa shape index (κ3) is 8.35. The van der Waals surface area contributed by atoms with Gasteiger partial charge < -0.3 is 34.5 Å². The molecule has 1 saturated heterocycles. The summed E-state index contributed by atoms with van der Waals surface area (Å²) in [4.78, 5) is 41.1. The third-order valence-electron chi connectivity index (χ3n) is 7.07. The number of pyridine rings is 1. The van der Waals surface area contributed by atoms with Crippen molar-refractivity contribution in [3.63, 3.8) is 0 Å². The van der Waals surface area contributed by atoms with Gasteiger partial charge in [0.25, 0.3) is 5.91 Å². The number of carboxylic acids is 2. The number of aliphatic carboxylic acids is 2. The smallest absolute Gasteiger partial charge is 0.328 e. The van der Waals surface area contributed by atoms with Crippen molar-refractivity contribution in [1.82, 2.24) is 19.4 Å². The summed E-state index contributed by atoms with van der Waals surface area (Å²) in [5.74, 6) is -0.385. The van der Waals surface area contributed by atoms with E-state index in [0.29, 0.717) is 42.6 Å². The number of methoxy groups -OCH3 is 1. The highest BCUT2D eigenvalue weighted by atomic mass is 16.5. The van der Waals surface area contributed by atoms with Crippen LogP contribution in [0.4, 0.5) is 5.69 Å². The molecule has 1 fully saturated rings. The number of benzene rings is 2. The predicted molar refractivity (Wildman–Crippen MR) is 165 cm³/mol. The van der Waals surface area contributed by atoms with Gasteiger partial charge in [-0.05, 0) is 48.0 Å². The van der Waals surface area contributed by atoms with E-state index in [2.05, 4.69) is 27.3 Å². The molecule has 0 aliphatic carbocycles. The fraction of sp³-hybridized carbons (Fsp3) is 0.250. The minimum Gasteiger partial charge on any atom is -0.497 e. The fourth-order valence-electron chi connectivity index (χ4n) is 4.71. The van der Waals surface area contributed by atoms with Crippen LogP contribution < -0.4 is 14.8 Å². The molecule has 1 aliphatic rings. The monoisotopic (exact) mass is 601 g/mol. The summed E-state index contributed by atoms with van der Waals surface area (Å²) in [6.45, 7) is 3.98. The van der Waals surface area contributed by atoms with Crippen LogP contribution in [0, 0.1) is 0 Å². The molecule has 0 atom stereocenters. The zero-order chi connectivity index (χ0) is 31.6. The first-order chi connectivity index (χ1) is 21.2. The molecule has 1 aliphatic heterocycles. The molecule has 0 radical (unpaired) electrons. The van der Waals surface area contributed by atoms with Gasteiger partial charge in [-0.1, -0.05) is 12.1 Å². The Balaban J connectivity index is 0.000000488. The van der Waals surface area contributed by atoms with Crippen molar-refractivity contribution in [3.05, 3.63) is 90.3 Å². The molecule has 4 aromatic rings. The molecule has 0 bridgehead atoms. The first-order valence-electron chi connectivity index (χ1n) is 13.9. The zero-order valence-electron chi connectivity index (χ0n) is 24.8. The van der Waals surface area contributed by atoms with Crippen molar-refractivity contribution in [2.75, 3.05) is 45.7 Å². The van der Waals surface area contributed by atoms with Crippen molar-refractivity contribution in [3.8, 4) is 17.4 Å². The van der Waals surface area contributed by atoms with Crippen LogP contribution in [0.2, 0.25) is 0 Å². The largest absolute Gasteiger partial charge is 0.497 e. The van der Waals surface area contributed by atoms with Gasteiger partial charge in [-0.15, -0.1) is 0 Å². The highest BCUT2D eigenvalue weighted by Gasteiger charge is 2.25. The molecule has 12 nitrogen and oxygen atoms in total. The van der Waals surface area contributed by atoms with Crippen LogP contribution in [-0.2, 0) is 23.2 Å². The van der Waals surface area contributed by atoms with Crippen LogP contribution in [0.15, 0.2) is 79.0 Å². The maximum atomic E-state index is 13.4. The number of aromatic nitrogens is 2. The number of nitrogens with one attached hydrogen (secondary N) is 1. The van der Waals surface area contributed by atoms with E-state index in [1.54, 1.807) is 13.3 Å². The van der Waals surface area contributed by atoms with Crippen molar-refractivity contribution >= 4 is 34.4 Å². The van der Waals surface area contributed by atoms with E-state index in [9.17, 15) is 14.4 Å². The number of piperazine rings is 1. The predicted octanol–water partition coefficient (Wildman–Crippen LogP) is 4.09. The van der Waals surface area contributed by atoms with Gasteiger partial charge in [-0.25, -0.2) is 14.6 Å². The number of anilines is 1. The summed E-state index contributed by atoms with van der Waals surface area (Å²) in [6.07, 6.45) is 2.84. The number of carbonyl (C=O) groups is 3. The summed E-state index contributed by atoms with van der Waals surface area (Å²) in [5.41, 5.74) is 3.84. The lowest BCUT2D eigenvalue weighted by Crippen LogP contribution is -2.48. The van der Waals surface area contributed by atoms with E-state index in [0.717, 1.165) is 42.0 Å². The van der Waals surface area contributed by atoms with Crippen molar-refractivity contribution < 1.29 is 34.1 Å². The SMILES string of the molecule is CNc1ccc(Oc2ccc3c(c2)cc(C(=O)N2CCN(Cc4ccc(OC)cc4)CC2)n3C)nc1.O=C(O)C=CC(=O)O. The average molecular weight is 602 g/mol. The number of carboxylic acid groups (broad SMARTS) is 2. The van der Waals surface area contributed by atoms with Gasteiger partial charge in [0.2, 0.25) is 5.88 Å². The van der Waals surface area contributed by atoms with E-state index in [1.807, 2.05) is 72.1 Å². The van der Waals surface area contributed by atoms with E-state index < -0.39 is 11.9 Å². The van der Waals surface area contributed by atoms with E-state index in [4.69, 9.17) is 19.7 Å². The third-order valence-corrected chi connectivity index (χ3v) is 7.07. The second kappa shape index (κ2) is 14.7. The second-order valence-corrected chi connectivity index (χ2v) is 9.97. The Morgan fingerprint density at radius 2 is 1.57 bits per heavy atom. The van der Waals surface area contributed by atoms with Gasteiger partial charge in [0, 0.05) is 75.9 Å². The van der Waals surface area contributed by atoms with Crippen LogP contribution in [0.3, 0.4) is 0 Å². The molecule has 2 aromatic carbocycles. The normalized spacial score (nSPS) is 13.3. The van der Waals surface area contributed by atoms with E-state index in [-0.39, 0.29) is 5.91 Å². The molecule has 3 N–H and O–H groups in total. The molecule has 2 aromatic heterocycles. The van der Waals surface area contributed by atoms with Gasteiger partial charge in [0.1, 0.15) is 17.2 Å². The number of fused-ring (bicyclic) bond motifs is 1. The van der Waals surface area contributed by atoms with Gasteiger partial charge in [0.05, 0.1) is 19.0 Å². The molecule has 0 spiro atoms. The highest BCUT2D eigenvalue weighted by Crippen LogP contribution is 2.28. The molecular formula is C32H35N5O7. The van der Waals surface area contributed by atoms with E-state index in [1.165, 1.54) is 5.56 Å². The quantitative estimate of drug-likeness (QED) is 0.240. The molecule has 1 amide bonds. The number of aryl methyl sites for hydroxylation is 1. The van der Waals surface area contributed by atoms with Crippen LogP contribution in [-0.4, -0.2) is 87.7 Å². The number of hydrogen-bond donors (Lipinski definition) is 3. The lowest BCUT2D eigenvalue weighted by atomic mass is 10.2. The Hall–Kier alpha value is -5.36. The Morgan fingerprint density at radius 3 is 2.14 bits per heavy atom. The summed E-state index contributed by atoms with van der Waals surface area (Å²) < 4.78 is 13.1. The number of hydrogen-bond acceptors (Lipinski definition) is 8. The van der Waals surface area contributed by atoms with Gasteiger partial charge in [0.15, 0.2) is 0 Å². The number of nitrogens with zero attached hydrogens (tertiary/aromatic N) is 4. The lowest BCUT2D eigenvalue weighted by Gasteiger charge is -2.34. The average Bonchev–Trinajstić information content (AvgIpc) is 3.36. The Labute approximate surface area is 254 Å². The maximum absolute atomic E-state index is 13.4. The number of amides is 1. The Bertz CT molecular complexity index is 1610. The molecule has 5 rings (SSSR count). The van der Waals surface area contributed by atoms with Gasteiger partial charge in [-0.3, -0.25) is 9.69 Å². The molecule has 0 unspecified atom stereocenters. The first-order valence-corrected chi connectivity index (χ1v) is 13.9. The van der Waals surface area contributed by atoms with E-state index >= 15 is 0 Å². The molecule has 3 heterocycles. The lowest BCUT2D eigenvalue weighted by molar-refractivity contribution is -0.134. The molecular weight excluding hydrogens is 566 g/mol. The van der Waals surface area contributed by atoms with Crippen LogP contribution in [0.5, 0.6) is 17.4 Å². The minimum absolute atomic E-state index is 0.0598. The topological polar surface area (TPSA) is 146 Å². The molecule has 230 valence electrons.